The summed E-state index contributed by atoms with van der Waals surface area (Å²) in [6.45, 7) is 1.43. The number of nitrogens with two attached hydrogens (primary N) is 1. The molecule has 1 aromatic carbocycles. The summed E-state index contributed by atoms with van der Waals surface area (Å²) in [4.78, 5) is 0. The monoisotopic (exact) mass is 193 g/mol. The molecule has 0 unspecified atom stereocenters. The molecule has 0 amide bonds. The quantitative estimate of drug-likeness (QED) is 0.619. The van der Waals surface area contributed by atoms with Gasteiger partial charge in [0, 0.05) is 6.54 Å². The molecular formula is C9H12BNO3. The first kappa shape index (κ1) is 9.52. The summed E-state index contributed by atoms with van der Waals surface area (Å²) in [6.07, 6.45) is 0. The van der Waals surface area contributed by atoms with E-state index in [0.29, 0.717) is 19.8 Å². The van der Waals surface area contributed by atoms with Crippen molar-refractivity contribution in [3.63, 3.8) is 0 Å². The van der Waals surface area contributed by atoms with Crippen LogP contribution in [-0.4, -0.2) is 25.3 Å². The molecule has 1 aliphatic rings. The average Bonchev–Trinajstić information content (AvgIpc) is 2.57. The zero-order valence-corrected chi connectivity index (χ0v) is 7.77. The van der Waals surface area contributed by atoms with E-state index in [-0.39, 0.29) is 0 Å². The Balaban J connectivity index is 2.17. The van der Waals surface area contributed by atoms with Crippen LogP contribution in [0.25, 0.3) is 0 Å². The van der Waals surface area contributed by atoms with Gasteiger partial charge in [0.2, 0.25) is 0 Å². The Morgan fingerprint density at radius 3 is 3.21 bits per heavy atom. The summed E-state index contributed by atoms with van der Waals surface area (Å²) in [5.41, 5.74) is 7.12. The zero-order valence-electron chi connectivity index (χ0n) is 7.77. The van der Waals surface area contributed by atoms with Crippen LogP contribution in [0.3, 0.4) is 0 Å². The molecule has 1 aliphatic heterocycles. The minimum Gasteiger partial charge on any atom is -0.492 e. The average molecular weight is 193 g/mol. The highest BCUT2D eigenvalue weighted by atomic mass is 16.5. The number of ether oxygens (including phenoxy) is 1. The van der Waals surface area contributed by atoms with Crippen molar-refractivity contribution in [3.05, 3.63) is 23.8 Å². The fraction of sp³-hybridized carbons (Fsp3) is 0.333. The molecule has 0 spiro atoms. The van der Waals surface area contributed by atoms with E-state index in [0.717, 1.165) is 16.8 Å². The normalized spacial score (nSPS) is 14.3. The Morgan fingerprint density at radius 1 is 1.57 bits per heavy atom. The minimum atomic E-state index is -0.813. The standard InChI is InChI=1S/C9H12BNO3/c11-3-4-13-8-2-1-7-6-14-10(12)9(7)5-8/h1-2,5,12H,3-4,6,11H2. The molecule has 0 atom stereocenters. The summed E-state index contributed by atoms with van der Waals surface area (Å²) in [6, 6.07) is 5.55. The molecule has 3 N–H and O–H groups in total. The summed E-state index contributed by atoms with van der Waals surface area (Å²) >= 11 is 0. The molecule has 4 nitrogen and oxygen atoms in total. The van der Waals surface area contributed by atoms with E-state index in [2.05, 4.69) is 0 Å². The van der Waals surface area contributed by atoms with E-state index in [9.17, 15) is 5.02 Å². The number of benzene rings is 1. The van der Waals surface area contributed by atoms with Gasteiger partial charge in [0.15, 0.2) is 0 Å². The van der Waals surface area contributed by atoms with Crippen molar-refractivity contribution >= 4 is 12.6 Å². The summed E-state index contributed by atoms with van der Waals surface area (Å²) in [5, 5.41) is 9.43. The predicted octanol–water partition coefficient (Wildman–Crippen LogP) is -0.758. The fourth-order valence-electron chi connectivity index (χ4n) is 1.46. The van der Waals surface area contributed by atoms with E-state index < -0.39 is 7.12 Å². The number of rotatable bonds is 3. The van der Waals surface area contributed by atoms with Crippen LogP contribution >= 0.6 is 0 Å². The molecule has 0 aliphatic carbocycles. The van der Waals surface area contributed by atoms with Gasteiger partial charge >= 0.3 is 7.12 Å². The lowest BCUT2D eigenvalue weighted by atomic mass is 9.79. The number of fused-ring (bicyclic) bond motifs is 1. The molecule has 0 fully saturated rings. The largest absolute Gasteiger partial charge is 0.492 e. The van der Waals surface area contributed by atoms with E-state index in [4.69, 9.17) is 15.1 Å². The van der Waals surface area contributed by atoms with Crippen LogP contribution in [-0.2, 0) is 11.3 Å². The van der Waals surface area contributed by atoms with Gasteiger partial charge in [-0.25, -0.2) is 0 Å². The highest BCUT2D eigenvalue weighted by Crippen LogP contribution is 2.15. The molecule has 0 bridgehead atoms. The van der Waals surface area contributed by atoms with Crippen LogP contribution < -0.4 is 15.9 Å². The fourth-order valence-corrected chi connectivity index (χ4v) is 1.46. The van der Waals surface area contributed by atoms with Gasteiger partial charge in [-0.3, -0.25) is 0 Å². The first-order valence-corrected chi connectivity index (χ1v) is 4.56. The molecule has 0 radical (unpaired) electrons. The Bertz CT molecular complexity index is 332. The Morgan fingerprint density at radius 2 is 2.43 bits per heavy atom. The van der Waals surface area contributed by atoms with Crippen molar-refractivity contribution in [1.29, 1.82) is 0 Å². The van der Waals surface area contributed by atoms with Crippen molar-refractivity contribution in [2.45, 2.75) is 6.61 Å². The van der Waals surface area contributed by atoms with Crippen molar-refractivity contribution in [2.75, 3.05) is 13.2 Å². The van der Waals surface area contributed by atoms with Crippen molar-refractivity contribution in [1.82, 2.24) is 0 Å². The lowest BCUT2D eigenvalue weighted by Gasteiger charge is -2.06. The highest BCUT2D eigenvalue weighted by Gasteiger charge is 2.27. The van der Waals surface area contributed by atoms with E-state index >= 15 is 0 Å². The van der Waals surface area contributed by atoms with E-state index in [1.54, 1.807) is 6.07 Å². The lowest BCUT2D eigenvalue weighted by Crippen LogP contribution is -2.28. The van der Waals surface area contributed by atoms with Gasteiger partial charge in [-0.15, -0.1) is 0 Å². The maximum atomic E-state index is 9.43. The van der Waals surface area contributed by atoms with Crippen molar-refractivity contribution in [2.24, 2.45) is 5.73 Å². The molecule has 14 heavy (non-hydrogen) atoms. The maximum Gasteiger partial charge on any atom is 0.491 e. The lowest BCUT2D eigenvalue weighted by molar-refractivity contribution is 0.275. The van der Waals surface area contributed by atoms with Gasteiger partial charge < -0.3 is 20.1 Å². The highest BCUT2D eigenvalue weighted by molar-refractivity contribution is 6.61. The van der Waals surface area contributed by atoms with Crippen molar-refractivity contribution < 1.29 is 14.4 Å². The molecule has 0 saturated heterocycles. The molecule has 1 heterocycles. The Kier molecular flexibility index (Phi) is 2.72. The molecule has 74 valence electrons. The number of hydrogen-bond acceptors (Lipinski definition) is 4. The third kappa shape index (κ3) is 1.75. The van der Waals surface area contributed by atoms with Crippen molar-refractivity contribution in [3.8, 4) is 5.75 Å². The third-order valence-corrected chi connectivity index (χ3v) is 2.17. The zero-order chi connectivity index (χ0) is 9.97. The summed E-state index contributed by atoms with van der Waals surface area (Å²) in [5.74, 6) is 0.721. The first-order chi connectivity index (χ1) is 6.81. The molecule has 2 rings (SSSR count). The van der Waals surface area contributed by atoms with Crippen LogP contribution in [0.2, 0.25) is 0 Å². The van der Waals surface area contributed by atoms with Gasteiger partial charge in [-0.05, 0) is 23.2 Å². The summed E-state index contributed by atoms with van der Waals surface area (Å²) < 4.78 is 10.4. The van der Waals surface area contributed by atoms with Gasteiger partial charge in [0.05, 0.1) is 6.61 Å². The smallest absolute Gasteiger partial charge is 0.491 e. The molecule has 0 saturated carbocycles. The first-order valence-electron chi connectivity index (χ1n) is 4.56. The van der Waals surface area contributed by atoms with Crippen LogP contribution in [0.5, 0.6) is 5.75 Å². The predicted molar refractivity (Wildman–Crippen MR) is 53.4 cm³/mol. The number of hydrogen-bond donors (Lipinski definition) is 2. The Labute approximate surface area is 82.8 Å². The van der Waals surface area contributed by atoms with Crippen LogP contribution in [0.15, 0.2) is 18.2 Å². The molecule has 5 heteroatoms. The minimum absolute atomic E-state index is 0.466. The second kappa shape index (κ2) is 4.00. The van der Waals surface area contributed by atoms with Crippen LogP contribution in [0.1, 0.15) is 5.56 Å². The topological polar surface area (TPSA) is 64.7 Å². The van der Waals surface area contributed by atoms with Crippen LogP contribution in [0.4, 0.5) is 0 Å². The second-order valence-corrected chi connectivity index (χ2v) is 3.16. The molecular weight excluding hydrogens is 181 g/mol. The van der Waals surface area contributed by atoms with E-state index in [1.165, 1.54) is 0 Å². The second-order valence-electron chi connectivity index (χ2n) is 3.16. The maximum absolute atomic E-state index is 9.43. The van der Waals surface area contributed by atoms with Gasteiger partial charge in [-0.2, -0.15) is 0 Å². The molecule has 1 aromatic rings. The third-order valence-electron chi connectivity index (χ3n) is 2.17. The van der Waals surface area contributed by atoms with Crippen LogP contribution in [0, 0.1) is 0 Å². The van der Waals surface area contributed by atoms with Gasteiger partial charge in [0.1, 0.15) is 12.4 Å². The van der Waals surface area contributed by atoms with Gasteiger partial charge in [-0.1, -0.05) is 6.07 Å². The molecule has 0 aromatic heterocycles. The summed E-state index contributed by atoms with van der Waals surface area (Å²) in [7, 11) is -0.813. The van der Waals surface area contributed by atoms with Gasteiger partial charge in [0.25, 0.3) is 0 Å². The Hall–Kier alpha value is -1.04. The SMILES string of the molecule is NCCOc1ccc2c(c1)B(O)OC2. The van der Waals surface area contributed by atoms with E-state index in [1.807, 2.05) is 12.1 Å².